The second kappa shape index (κ2) is 8.25. The molecular formula is C20H22ClN3O3. The lowest BCUT2D eigenvalue weighted by molar-refractivity contribution is 0.0302. The van der Waals surface area contributed by atoms with Crippen LogP contribution in [0.1, 0.15) is 22.0 Å². The molecule has 0 N–H and O–H groups in total. The zero-order valence-corrected chi connectivity index (χ0v) is 15.8. The molecule has 1 aromatic carbocycles. The van der Waals surface area contributed by atoms with Crippen LogP contribution in [-0.4, -0.2) is 61.8 Å². The van der Waals surface area contributed by atoms with E-state index in [1.165, 1.54) is 0 Å². The highest BCUT2D eigenvalue weighted by molar-refractivity contribution is 6.30. The molecule has 7 heteroatoms. The zero-order valence-electron chi connectivity index (χ0n) is 15.0. The van der Waals surface area contributed by atoms with Crippen LogP contribution < -0.4 is 4.90 Å². The average Bonchev–Trinajstić information content (AvgIpc) is 2.74. The summed E-state index contributed by atoms with van der Waals surface area (Å²) in [6.07, 6.45) is 1.66. The van der Waals surface area contributed by atoms with E-state index in [9.17, 15) is 4.79 Å². The fraction of sp³-hybridized carbons (Fsp3) is 0.400. The number of amides is 1. The number of morpholine rings is 2. The summed E-state index contributed by atoms with van der Waals surface area (Å²) in [6.45, 7) is 4.48. The molecule has 2 fully saturated rings. The minimum atomic E-state index is -0.0450. The Kier molecular flexibility index (Phi) is 5.57. The van der Waals surface area contributed by atoms with Gasteiger partial charge in [-0.2, -0.15) is 0 Å². The molecule has 27 heavy (non-hydrogen) atoms. The van der Waals surface area contributed by atoms with Crippen molar-refractivity contribution in [3.63, 3.8) is 0 Å². The molecule has 0 saturated carbocycles. The van der Waals surface area contributed by atoms with E-state index in [4.69, 9.17) is 21.1 Å². The molecule has 0 aliphatic carbocycles. The van der Waals surface area contributed by atoms with Gasteiger partial charge < -0.3 is 19.3 Å². The largest absolute Gasteiger partial charge is 0.378 e. The van der Waals surface area contributed by atoms with E-state index in [0.717, 1.165) is 17.9 Å². The lowest BCUT2D eigenvalue weighted by Gasteiger charge is -2.34. The number of anilines is 1. The third-order valence-electron chi connectivity index (χ3n) is 4.92. The van der Waals surface area contributed by atoms with Crippen LogP contribution >= 0.6 is 11.6 Å². The molecule has 142 valence electrons. The van der Waals surface area contributed by atoms with Gasteiger partial charge in [-0.05, 0) is 29.8 Å². The van der Waals surface area contributed by atoms with E-state index in [1.807, 2.05) is 35.2 Å². The van der Waals surface area contributed by atoms with Crippen molar-refractivity contribution in [1.82, 2.24) is 9.88 Å². The highest BCUT2D eigenvalue weighted by Gasteiger charge is 2.24. The van der Waals surface area contributed by atoms with E-state index in [-0.39, 0.29) is 12.0 Å². The Hall–Kier alpha value is -2.15. The van der Waals surface area contributed by atoms with Crippen molar-refractivity contribution in [2.24, 2.45) is 0 Å². The Balaban J connectivity index is 1.49. The number of carbonyl (C=O) groups excluding carboxylic acids is 1. The van der Waals surface area contributed by atoms with Gasteiger partial charge in [-0.1, -0.05) is 23.7 Å². The summed E-state index contributed by atoms with van der Waals surface area (Å²) in [6, 6.07) is 11.4. The number of rotatable bonds is 3. The number of ether oxygens (including phenoxy) is 2. The van der Waals surface area contributed by atoms with Crippen LogP contribution in [0, 0.1) is 0 Å². The van der Waals surface area contributed by atoms with Gasteiger partial charge in [0.15, 0.2) is 0 Å². The summed E-state index contributed by atoms with van der Waals surface area (Å²) < 4.78 is 11.3. The minimum absolute atomic E-state index is 0.0319. The highest BCUT2D eigenvalue weighted by Crippen LogP contribution is 2.26. The number of hydrogen-bond donors (Lipinski definition) is 0. The summed E-state index contributed by atoms with van der Waals surface area (Å²) in [5.41, 5.74) is 1.75. The maximum atomic E-state index is 12.7. The Morgan fingerprint density at radius 2 is 1.85 bits per heavy atom. The molecule has 2 saturated heterocycles. The molecule has 2 aromatic rings. The first kappa shape index (κ1) is 18.2. The second-order valence-electron chi connectivity index (χ2n) is 6.66. The molecule has 3 heterocycles. The van der Waals surface area contributed by atoms with Gasteiger partial charge in [0, 0.05) is 43.0 Å². The van der Waals surface area contributed by atoms with Crippen LogP contribution in [-0.2, 0) is 9.47 Å². The normalized spacial score (nSPS) is 20.6. The first-order valence-corrected chi connectivity index (χ1v) is 9.53. The van der Waals surface area contributed by atoms with Gasteiger partial charge in [-0.3, -0.25) is 4.79 Å². The minimum Gasteiger partial charge on any atom is -0.378 e. The van der Waals surface area contributed by atoms with Crippen LogP contribution in [0.25, 0.3) is 0 Å². The Morgan fingerprint density at radius 3 is 2.63 bits per heavy atom. The van der Waals surface area contributed by atoms with Crippen LogP contribution in [0.15, 0.2) is 42.6 Å². The molecule has 2 aliphatic heterocycles. The molecule has 1 amide bonds. The van der Waals surface area contributed by atoms with Crippen molar-refractivity contribution in [1.29, 1.82) is 0 Å². The van der Waals surface area contributed by atoms with Gasteiger partial charge >= 0.3 is 0 Å². The predicted octanol–water partition coefficient (Wildman–Crippen LogP) is 2.79. The fourth-order valence-corrected chi connectivity index (χ4v) is 3.54. The van der Waals surface area contributed by atoms with Gasteiger partial charge in [0.1, 0.15) is 11.9 Å². The maximum Gasteiger partial charge on any atom is 0.254 e. The van der Waals surface area contributed by atoms with Crippen LogP contribution in [0.2, 0.25) is 5.02 Å². The summed E-state index contributed by atoms with van der Waals surface area (Å²) >= 11 is 5.98. The van der Waals surface area contributed by atoms with Crippen molar-refractivity contribution in [2.45, 2.75) is 6.10 Å². The van der Waals surface area contributed by atoms with Crippen molar-refractivity contribution >= 4 is 23.3 Å². The van der Waals surface area contributed by atoms with E-state index in [1.54, 1.807) is 12.3 Å². The predicted molar refractivity (Wildman–Crippen MR) is 103 cm³/mol. The Morgan fingerprint density at radius 1 is 1.07 bits per heavy atom. The molecule has 0 spiro atoms. The summed E-state index contributed by atoms with van der Waals surface area (Å²) in [7, 11) is 0. The van der Waals surface area contributed by atoms with Crippen molar-refractivity contribution in [3.05, 3.63) is 58.7 Å². The lowest BCUT2D eigenvalue weighted by atomic mass is 10.1. The molecule has 0 bridgehead atoms. The maximum absolute atomic E-state index is 12.7. The fourth-order valence-electron chi connectivity index (χ4n) is 3.41. The topological polar surface area (TPSA) is 54.9 Å². The number of pyridine rings is 1. The van der Waals surface area contributed by atoms with E-state index < -0.39 is 0 Å². The van der Waals surface area contributed by atoms with Gasteiger partial charge in [-0.25, -0.2) is 4.98 Å². The molecule has 1 atom stereocenters. The third-order valence-corrected chi connectivity index (χ3v) is 5.17. The SMILES string of the molecule is O=C(c1ccnc(N2CCOC(c3ccc(Cl)cc3)C2)c1)N1CCOCC1. The van der Waals surface area contributed by atoms with E-state index in [0.29, 0.717) is 50.0 Å². The number of benzene rings is 1. The number of aromatic nitrogens is 1. The smallest absolute Gasteiger partial charge is 0.254 e. The number of nitrogens with zero attached hydrogens (tertiary/aromatic N) is 3. The van der Waals surface area contributed by atoms with Gasteiger partial charge in [-0.15, -0.1) is 0 Å². The Labute approximate surface area is 163 Å². The van der Waals surface area contributed by atoms with Crippen molar-refractivity contribution in [3.8, 4) is 0 Å². The Bertz CT molecular complexity index is 793. The summed E-state index contributed by atoms with van der Waals surface area (Å²) in [5, 5.41) is 0.711. The molecule has 6 nitrogen and oxygen atoms in total. The van der Waals surface area contributed by atoms with Gasteiger partial charge in [0.05, 0.1) is 19.8 Å². The lowest BCUT2D eigenvalue weighted by Crippen LogP contribution is -2.41. The van der Waals surface area contributed by atoms with Crippen LogP contribution in [0.3, 0.4) is 0 Å². The van der Waals surface area contributed by atoms with E-state index >= 15 is 0 Å². The van der Waals surface area contributed by atoms with Gasteiger partial charge in [0.2, 0.25) is 0 Å². The van der Waals surface area contributed by atoms with E-state index in [2.05, 4.69) is 9.88 Å². The quantitative estimate of drug-likeness (QED) is 0.810. The molecule has 0 radical (unpaired) electrons. The zero-order chi connectivity index (χ0) is 18.6. The molecule has 1 unspecified atom stereocenters. The van der Waals surface area contributed by atoms with Crippen molar-refractivity contribution in [2.75, 3.05) is 50.9 Å². The van der Waals surface area contributed by atoms with Crippen LogP contribution in [0.4, 0.5) is 5.82 Å². The second-order valence-corrected chi connectivity index (χ2v) is 7.10. The highest BCUT2D eigenvalue weighted by atomic mass is 35.5. The molecule has 4 rings (SSSR count). The first-order chi connectivity index (χ1) is 13.2. The molecule has 2 aliphatic rings. The molecule has 1 aromatic heterocycles. The number of hydrogen-bond acceptors (Lipinski definition) is 5. The number of carbonyl (C=O) groups is 1. The first-order valence-electron chi connectivity index (χ1n) is 9.16. The summed E-state index contributed by atoms with van der Waals surface area (Å²) in [4.78, 5) is 21.2. The average molecular weight is 388 g/mol. The van der Waals surface area contributed by atoms with Gasteiger partial charge in [0.25, 0.3) is 5.91 Å². The number of halogens is 1. The van der Waals surface area contributed by atoms with Crippen molar-refractivity contribution < 1.29 is 14.3 Å². The standard InChI is InChI=1S/C20H22ClN3O3/c21-17-3-1-15(2-4-17)18-14-24(9-12-27-18)19-13-16(5-6-22-19)20(25)23-7-10-26-11-8-23/h1-6,13,18H,7-12,14H2. The monoisotopic (exact) mass is 387 g/mol. The van der Waals surface area contributed by atoms with Crippen LogP contribution in [0.5, 0.6) is 0 Å². The summed E-state index contributed by atoms with van der Waals surface area (Å²) in [5.74, 6) is 0.834. The third kappa shape index (κ3) is 4.24. The molecular weight excluding hydrogens is 366 g/mol.